The molecule has 31 heavy (non-hydrogen) atoms. The molecule has 0 aliphatic heterocycles. The van der Waals surface area contributed by atoms with Crippen LogP contribution in [0.4, 0.5) is 4.39 Å². The van der Waals surface area contributed by atoms with Crippen LogP contribution in [0, 0.1) is 5.82 Å². The van der Waals surface area contributed by atoms with Crippen LogP contribution in [-0.4, -0.2) is 30.9 Å². The first-order valence-corrected chi connectivity index (χ1v) is 10.9. The molecule has 0 aromatic heterocycles. The van der Waals surface area contributed by atoms with Crippen LogP contribution < -0.4 is 5.73 Å². The van der Waals surface area contributed by atoms with Crippen molar-refractivity contribution < 1.29 is 9.18 Å². The van der Waals surface area contributed by atoms with Crippen molar-refractivity contribution in [2.45, 2.75) is 31.1 Å². The molecule has 1 aliphatic carbocycles. The van der Waals surface area contributed by atoms with Crippen molar-refractivity contribution in [2.24, 2.45) is 5.73 Å². The highest BCUT2D eigenvalue weighted by Gasteiger charge is 2.44. The smallest absolute Gasteiger partial charge is 0.232 e. The van der Waals surface area contributed by atoms with E-state index in [9.17, 15) is 9.18 Å². The average molecular weight is 417 g/mol. The first kappa shape index (κ1) is 21.3. The zero-order valence-corrected chi connectivity index (χ0v) is 18.0. The van der Waals surface area contributed by atoms with E-state index in [0.29, 0.717) is 6.42 Å². The fourth-order valence-electron chi connectivity index (χ4n) is 4.82. The summed E-state index contributed by atoms with van der Waals surface area (Å²) in [5, 5.41) is 0. The maximum atomic E-state index is 13.2. The Kier molecular flexibility index (Phi) is 6.19. The Morgan fingerprint density at radius 2 is 1.45 bits per heavy atom. The minimum atomic E-state index is -0.839. The van der Waals surface area contributed by atoms with E-state index >= 15 is 0 Å². The van der Waals surface area contributed by atoms with E-state index in [-0.39, 0.29) is 11.7 Å². The van der Waals surface area contributed by atoms with Gasteiger partial charge in [0.15, 0.2) is 0 Å². The van der Waals surface area contributed by atoms with Crippen molar-refractivity contribution in [3.63, 3.8) is 0 Å². The minimum absolute atomic E-state index is 0.216. The van der Waals surface area contributed by atoms with Crippen molar-refractivity contribution in [3.05, 3.63) is 106 Å². The molecule has 0 fully saturated rings. The average Bonchev–Trinajstić information content (AvgIpc) is 2.93. The van der Waals surface area contributed by atoms with Gasteiger partial charge in [-0.2, -0.15) is 0 Å². The van der Waals surface area contributed by atoms with Crippen molar-refractivity contribution in [1.82, 2.24) is 4.90 Å². The van der Waals surface area contributed by atoms with Crippen LogP contribution in [0.5, 0.6) is 0 Å². The van der Waals surface area contributed by atoms with E-state index in [1.54, 1.807) is 0 Å². The second-order valence-electron chi connectivity index (χ2n) is 8.51. The molecule has 4 heteroatoms. The summed E-state index contributed by atoms with van der Waals surface area (Å²) in [4.78, 5) is 15.4. The molecule has 0 saturated carbocycles. The largest absolute Gasteiger partial charge is 0.369 e. The standard InChI is InChI=1S/C27H29FN2O/c1-30(18-16-20-10-14-23(28)15-11-20)19-17-27(26(29)31)24-8-4-2-6-21(24)12-13-22-7-3-5-9-25(22)27/h2-11,14-15H,12-13,16-19H2,1H3,(H2,29,31). The summed E-state index contributed by atoms with van der Waals surface area (Å²) in [6.45, 7) is 1.55. The number of likely N-dealkylation sites (N-methyl/N-ethyl adjacent to an activating group) is 1. The lowest BCUT2D eigenvalue weighted by molar-refractivity contribution is -0.122. The molecule has 0 heterocycles. The van der Waals surface area contributed by atoms with Gasteiger partial charge in [0, 0.05) is 6.54 Å². The first-order valence-electron chi connectivity index (χ1n) is 10.9. The first-order chi connectivity index (χ1) is 15.0. The van der Waals surface area contributed by atoms with Crippen molar-refractivity contribution in [1.29, 1.82) is 0 Å². The third-order valence-corrected chi connectivity index (χ3v) is 6.60. The summed E-state index contributed by atoms with van der Waals surface area (Å²) in [7, 11) is 2.06. The lowest BCUT2D eigenvalue weighted by atomic mass is 9.69. The third kappa shape index (κ3) is 4.26. The molecule has 3 nitrogen and oxygen atoms in total. The van der Waals surface area contributed by atoms with Gasteiger partial charge in [0.2, 0.25) is 5.91 Å². The lowest BCUT2D eigenvalue weighted by Gasteiger charge is -2.35. The molecule has 2 N–H and O–H groups in total. The molecule has 4 rings (SSSR count). The number of nitrogens with two attached hydrogens (primary N) is 1. The van der Waals surface area contributed by atoms with Gasteiger partial charge in [-0.15, -0.1) is 0 Å². The van der Waals surface area contributed by atoms with E-state index < -0.39 is 5.41 Å². The van der Waals surface area contributed by atoms with Gasteiger partial charge >= 0.3 is 0 Å². The number of aryl methyl sites for hydroxylation is 2. The number of hydrogen-bond donors (Lipinski definition) is 1. The Balaban J connectivity index is 1.61. The van der Waals surface area contributed by atoms with E-state index in [2.05, 4.69) is 36.2 Å². The molecular weight excluding hydrogens is 387 g/mol. The third-order valence-electron chi connectivity index (χ3n) is 6.60. The van der Waals surface area contributed by atoms with E-state index in [1.807, 2.05) is 36.4 Å². The fourth-order valence-corrected chi connectivity index (χ4v) is 4.82. The van der Waals surface area contributed by atoms with Crippen molar-refractivity contribution in [2.75, 3.05) is 20.1 Å². The monoisotopic (exact) mass is 416 g/mol. The summed E-state index contributed by atoms with van der Waals surface area (Å²) >= 11 is 0. The van der Waals surface area contributed by atoms with Gasteiger partial charge in [-0.1, -0.05) is 60.7 Å². The quantitative estimate of drug-likeness (QED) is 0.626. The van der Waals surface area contributed by atoms with Crippen molar-refractivity contribution >= 4 is 5.91 Å². The Morgan fingerprint density at radius 3 is 2.00 bits per heavy atom. The summed E-state index contributed by atoms with van der Waals surface area (Å²) in [6, 6.07) is 23.1. The molecule has 0 bridgehead atoms. The Hall–Kier alpha value is -2.98. The summed E-state index contributed by atoms with van der Waals surface area (Å²) in [6.07, 6.45) is 3.26. The molecule has 3 aromatic carbocycles. The van der Waals surface area contributed by atoms with Crippen LogP contribution in [0.15, 0.2) is 72.8 Å². The molecule has 0 unspecified atom stereocenters. The van der Waals surface area contributed by atoms with Crippen LogP contribution in [0.3, 0.4) is 0 Å². The number of fused-ring (bicyclic) bond motifs is 2. The predicted octanol–water partition coefficient (Wildman–Crippen LogP) is 4.26. The van der Waals surface area contributed by atoms with E-state index in [4.69, 9.17) is 5.73 Å². The number of benzene rings is 3. The lowest BCUT2D eigenvalue weighted by Crippen LogP contribution is -2.45. The van der Waals surface area contributed by atoms with Crippen LogP contribution in [0.25, 0.3) is 0 Å². The number of rotatable bonds is 7. The maximum absolute atomic E-state index is 13.2. The van der Waals surface area contributed by atoms with Crippen LogP contribution in [0.2, 0.25) is 0 Å². The zero-order valence-electron chi connectivity index (χ0n) is 18.0. The van der Waals surface area contributed by atoms with Crippen LogP contribution >= 0.6 is 0 Å². The summed E-state index contributed by atoms with van der Waals surface area (Å²) in [5.74, 6) is -0.507. The Labute approximate surface area is 183 Å². The van der Waals surface area contributed by atoms with Gasteiger partial charge in [0.05, 0.1) is 0 Å². The normalized spacial score (nSPS) is 14.5. The van der Waals surface area contributed by atoms with Gasteiger partial charge in [-0.05, 0) is 79.2 Å². The second kappa shape index (κ2) is 9.03. The number of halogens is 1. The molecule has 0 saturated heterocycles. The number of hydrogen-bond acceptors (Lipinski definition) is 2. The number of amides is 1. The number of nitrogens with zero attached hydrogens (tertiary/aromatic N) is 1. The minimum Gasteiger partial charge on any atom is -0.369 e. The molecule has 0 radical (unpaired) electrons. The molecule has 0 atom stereocenters. The molecule has 1 amide bonds. The zero-order chi connectivity index (χ0) is 21.8. The molecule has 0 spiro atoms. The SMILES string of the molecule is CN(CCc1ccc(F)cc1)CCC1(C(N)=O)c2ccccc2CCc2ccccc21. The fraction of sp³-hybridized carbons (Fsp3) is 0.296. The Bertz CT molecular complexity index is 1010. The van der Waals surface area contributed by atoms with Gasteiger partial charge in [-0.25, -0.2) is 4.39 Å². The highest BCUT2D eigenvalue weighted by molar-refractivity contribution is 5.92. The van der Waals surface area contributed by atoms with Gasteiger partial charge in [0.1, 0.15) is 11.2 Å². The van der Waals surface area contributed by atoms with Crippen LogP contribution in [-0.2, 0) is 29.5 Å². The number of carbonyl (C=O) groups is 1. The summed E-state index contributed by atoms with van der Waals surface area (Å²) < 4.78 is 13.2. The second-order valence-corrected chi connectivity index (χ2v) is 8.51. The van der Waals surface area contributed by atoms with Crippen LogP contribution in [0.1, 0.15) is 34.2 Å². The highest BCUT2D eigenvalue weighted by atomic mass is 19.1. The molecule has 1 aliphatic rings. The topological polar surface area (TPSA) is 46.3 Å². The Morgan fingerprint density at radius 1 is 0.903 bits per heavy atom. The molecule has 160 valence electrons. The molecular formula is C27H29FN2O. The van der Waals surface area contributed by atoms with Crippen molar-refractivity contribution in [3.8, 4) is 0 Å². The summed E-state index contributed by atoms with van der Waals surface area (Å²) in [5.41, 5.74) is 10.9. The van der Waals surface area contributed by atoms with Gasteiger partial charge in [-0.3, -0.25) is 4.79 Å². The highest BCUT2D eigenvalue weighted by Crippen LogP contribution is 2.42. The number of primary amides is 1. The van der Waals surface area contributed by atoms with E-state index in [0.717, 1.165) is 49.0 Å². The maximum Gasteiger partial charge on any atom is 0.232 e. The van der Waals surface area contributed by atoms with Gasteiger partial charge < -0.3 is 10.6 Å². The predicted molar refractivity (Wildman–Crippen MR) is 122 cm³/mol. The van der Waals surface area contributed by atoms with E-state index in [1.165, 1.54) is 23.3 Å². The van der Waals surface area contributed by atoms with Gasteiger partial charge in [0.25, 0.3) is 0 Å². The number of carbonyl (C=O) groups excluding carboxylic acids is 1. The molecule has 3 aromatic rings.